The first-order valence-corrected chi connectivity index (χ1v) is 6.36. The van der Waals surface area contributed by atoms with Gasteiger partial charge in [-0.15, -0.1) is 0 Å². The Morgan fingerprint density at radius 1 is 1.15 bits per heavy atom. The van der Waals surface area contributed by atoms with Crippen LogP contribution in [-0.4, -0.2) is 5.91 Å². The van der Waals surface area contributed by atoms with Crippen LogP contribution in [0.15, 0.2) is 42.5 Å². The third-order valence-electron chi connectivity index (χ3n) is 2.89. The van der Waals surface area contributed by atoms with Crippen LogP contribution < -0.4 is 5.32 Å². The van der Waals surface area contributed by atoms with Gasteiger partial charge in [-0.2, -0.15) is 0 Å². The summed E-state index contributed by atoms with van der Waals surface area (Å²) in [6, 6.07) is 9.14. The Labute approximate surface area is 120 Å². The molecule has 1 N–H and O–H groups in total. The van der Waals surface area contributed by atoms with Crippen molar-refractivity contribution in [3.05, 3.63) is 70.2 Å². The predicted molar refractivity (Wildman–Crippen MR) is 73.7 cm³/mol. The molecule has 2 nitrogen and oxygen atoms in total. The molecule has 20 heavy (non-hydrogen) atoms. The number of rotatable bonds is 3. The fourth-order valence-electron chi connectivity index (χ4n) is 1.78. The van der Waals surface area contributed by atoms with Gasteiger partial charge in [-0.25, -0.2) is 8.78 Å². The summed E-state index contributed by atoms with van der Waals surface area (Å²) >= 11 is 5.74. The minimum Gasteiger partial charge on any atom is -0.345 e. The Morgan fingerprint density at radius 3 is 2.45 bits per heavy atom. The average molecular weight is 296 g/mol. The first kappa shape index (κ1) is 14.5. The van der Waals surface area contributed by atoms with Crippen molar-refractivity contribution >= 4 is 17.5 Å². The largest absolute Gasteiger partial charge is 0.345 e. The van der Waals surface area contributed by atoms with E-state index in [9.17, 15) is 13.6 Å². The number of halogens is 3. The maximum atomic E-state index is 13.6. The van der Waals surface area contributed by atoms with Crippen LogP contribution in [0.1, 0.15) is 28.9 Å². The summed E-state index contributed by atoms with van der Waals surface area (Å²) < 4.78 is 26.4. The summed E-state index contributed by atoms with van der Waals surface area (Å²) in [4.78, 5) is 12.0. The molecule has 0 aliphatic heterocycles. The summed E-state index contributed by atoms with van der Waals surface area (Å²) in [7, 11) is 0. The summed E-state index contributed by atoms with van der Waals surface area (Å²) in [6.07, 6.45) is 0. The van der Waals surface area contributed by atoms with E-state index in [1.807, 2.05) is 0 Å². The van der Waals surface area contributed by atoms with Gasteiger partial charge >= 0.3 is 0 Å². The highest BCUT2D eigenvalue weighted by atomic mass is 35.5. The average Bonchev–Trinajstić information content (AvgIpc) is 2.42. The molecule has 0 bridgehead atoms. The van der Waals surface area contributed by atoms with Gasteiger partial charge < -0.3 is 5.32 Å². The van der Waals surface area contributed by atoms with Crippen molar-refractivity contribution in [2.75, 3.05) is 0 Å². The molecule has 1 amide bonds. The van der Waals surface area contributed by atoms with Crippen LogP contribution in [0.5, 0.6) is 0 Å². The Balaban J connectivity index is 2.15. The van der Waals surface area contributed by atoms with E-state index in [1.54, 1.807) is 19.1 Å². The molecule has 2 aromatic carbocycles. The fraction of sp³-hybridized carbons (Fsp3) is 0.133. The van der Waals surface area contributed by atoms with Crippen molar-refractivity contribution in [1.29, 1.82) is 0 Å². The summed E-state index contributed by atoms with van der Waals surface area (Å²) in [5, 5.41) is 2.92. The van der Waals surface area contributed by atoms with Crippen LogP contribution in [0, 0.1) is 11.6 Å². The van der Waals surface area contributed by atoms with Crippen molar-refractivity contribution in [2.24, 2.45) is 0 Å². The first-order chi connectivity index (χ1) is 9.47. The normalized spacial score (nSPS) is 12.0. The van der Waals surface area contributed by atoms with E-state index in [0.717, 1.165) is 11.6 Å². The molecule has 1 atom stereocenters. The van der Waals surface area contributed by atoms with Crippen LogP contribution in [0.4, 0.5) is 8.78 Å². The second kappa shape index (κ2) is 6.01. The Hall–Kier alpha value is -1.94. The van der Waals surface area contributed by atoms with Gasteiger partial charge in [0.1, 0.15) is 11.6 Å². The van der Waals surface area contributed by atoms with E-state index in [1.165, 1.54) is 24.3 Å². The Morgan fingerprint density at radius 2 is 1.80 bits per heavy atom. The number of hydrogen-bond acceptors (Lipinski definition) is 1. The van der Waals surface area contributed by atoms with Gasteiger partial charge in [0.25, 0.3) is 5.91 Å². The van der Waals surface area contributed by atoms with Crippen LogP contribution in [0.3, 0.4) is 0 Å². The summed E-state index contributed by atoms with van der Waals surface area (Å²) in [5.74, 6) is -1.56. The first-order valence-electron chi connectivity index (χ1n) is 5.99. The number of carbonyl (C=O) groups is 1. The maximum absolute atomic E-state index is 13.6. The van der Waals surface area contributed by atoms with Crippen molar-refractivity contribution in [2.45, 2.75) is 13.0 Å². The molecule has 0 fully saturated rings. The lowest BCUT2D eigenvalue weighted by Crippen LogP contribution is -2.27. The lowest BCUT2D eigenvalue weighted by Gasteiger charge is -2.14. The number of nitrogens with one attached hydrogen (secondary N) is 1. The highest BCUT2D eigenvalue weighted by Crippen LogP contribution is 2.17. The quantitative estimate of drug-likeness (QED) is 0.907. The van der Waals surface area contributed by atoms with E-state index in [0.29, 0.717) is 0 Å². The number of carbonyl (C=O) groups excluding carboxylic acids is 1. The van der Waals surface area contributed by atoms with E-state index in [2.05, 4.69) is 5.32 Å². The van der Waals surface area contributed by atoms with Gasteiger partial charge in [0.15, 0.2) is 0 Å². The predicted octanol–water partition coefficient (Wildman–Crippen LogP) is 4.11. The molecule has 2 aromatic rings. The van der Waals surface area contributed by atoms with Crippen LogP contribution in [-0.2, 0) is 0 Å². The fourth-order valence-corrected chi connectivity index (χ4v) is 1.95. The number of amides is 1. The van der Waals surface area contributed by atoms with Crippen molar-refractivity contribution < 1.29 is 13.6 Å². The minimum atomic E-state index is -0.641. The van der Waals surface area contributed by atoms with Crippen LogP contribution in [0.2, 0.25) is 5.02 Å². The second-order valence-corrected chi connectivity index (χ2v) is 4.81. The molecule has 0 aliphatic rings. The third-order valence-corrected chi connectivity index (χ3v) is 3.13. The molecule has 2 rings (SSSR count). The van der Waals surface area contributed by atoms with Crippen LogP contribution in [0.25, 0.3) is 0 Å². The van der Waals surface area contributed by atoms with Crippen molar-refractivity contribution in [1.82, 2.24) is 5.32 Å². The number of hydrogen-bond donors (Lipinski definition) is 1. The van der Waals surface area contributed by atoms with Gasteiger partial charge in [0.2, 0.25) is 0 Å². The van der Waals surface area contributed by atoms with Crippen LogP contribution >= 0.6 is 11.6 Å². The summed E-state index contributed by atoms with van der Waals surface area (Å²) in [5.41, 5.74) is 0.605. The molecule has 104 valence electrons. The molecular weight excluding hydrogens is 284 g/mol. The zero-order valence-corrected chi connectivity index (χ0v) is 11.4. The smallest absolute Gasteiger partial charge is 0.254 e. The van der Waals surface area contributed by atoms with Gasteiger partial charge in [-0.3, -0.25) is 4.79 Å². The lowest BCUT2D eigenvalue weighted by atomic mass is 10.1. The maximum Gasteiger partial charge on any atom is 0.254 e. The molecule has 0 radical (unpaired) electrons. The molecule has 5 heteroatoms. The van der Waals surface area contributed by atoms with E-state index >= 15 is 0 Å². The third kappa shape index (κ3) is 3.33. The molecule has 0 saturated carbocycles. The zero-order chi connectivity index (χ0) is 14.7. The molecule has 0 heterocycles. The molecule has 0 aromatic heterocycles. The van der Waals surface area contributed by atoms with Gasteiger partial charge in [0, 0.05) is 5.02 Å². The highest BCUT2D eigenvalue weighted by Gasteiger charge is 2.15. The van der Waals surface area contributed by atoms with Crippen molar-refractivity contribution in [3.63, 3.8) is 0 Å². The molecule has 0 aliphatic carbocycles. The zero-order valence-electron chi connectivity index (χ0n) is 10.7. The van der Waals surface area contributed by atoms with E-state index in [4.69, 9.17) is 11.6 Å². The molecule has 0 saturated heterocycles. The van der Waals surface area contributed by atoms with E-state index < -0.39 is 11.7 Å². The second-order valence-electron chi connectivity index (χ2n) is 4.37. The van der Waals surface area contributed by atoms with Gasteiger partial charge in [-0.05, 0) is 42.8 Å². The Bertz CT molecular complexity index is 628. The van der Waals surface area contributed by atoms with Gasteiger partial charge in [0.05, 0.1) is 11.6 Å². The molecule has 0 spiro atoms. The topological polar surface area (TPSA) is 29.1 Å². The minimum absolute atomic E-state index is 0.119. The highest BCUT2D eigenvalue weighted by molar-refractivity contribution is 6.31. The monoisotopic (exact) mass is 295 g/mol. The standard InChI is InChI=1S/C15H12ClF2NO/c1-9(10-2-5-12(17)6-3-10)19-15(20)13-8-11(16)4-7-14(13)18/h2-9H,1H3,(H,19,20)/t9-/m1/s1. The van der Waals surface area contributed by atoms with Gasteiger partial charge in [-0.1, -0.05) is 23.7 Å². The Kier molecular flexibility index (Phi) is 4.35. The molecule has 0 unspecified atom stereocenters. The van der Waals surface area contributed by atoms with E-state index in [-0.39, 0.29) is 22.4 Å². The van der Waals surface area contributed by atoms with Crippen molar-refractivity contribution in [3.8, 4) is 0 Å². The number of benzene rings is 2. The summed E-state index contributed by atoms with van der Waals surface area (Å²) in [6.45, 7) is 1.73. The lowest BCUT2D eigenvalue weighted by molar-refractivity contribution is 0.0936. The molecular formula is C15H12ClF2NO. The SMILES string of the molecule is C[C@@H](NC(=O)c1cc(Cl)ccc1F)c1ccc(F)cc1.